The monoisotopic (exact) mass is 295 g/mol. The molecule has 2 rings (SSSR count). The quantitative estimate of drug-likeness (QED) is 0.888. The fourth-order valence-corrected chi connectivity index (χ4v) is 1.88. The molecule has 0 saturated carbocycles. The first-order valence-electron chi connectivity index (χ1n) is 6.19. The number of benzene rings is 2. The van der Waals surface area contributed by atoms with E-state index in [1.54, 1.807) is 18.2 Å². The van der Waals surface area contributed by atoms with Gasteiger partial charge in [0.25, 0.3) is 0 Å². The molecule has 0 atom stereocenters. The number of carboxylic acids is 1. The zero-order valence-electron chi connectivity index (χ0n) is 10.9. The number of anilines is 1. The van der Waals surface area contributed by atoms with Gasteiger partial charge < -0.3 is 10.4 Å². The summed E-state index contributed by atoms with van der Waals surface area (Å²) in [7, 11) is 0. The van der Waals surface area contributed by atoms with E-state index in [0.29, 0.717) is 5.56 Å². The Morgan fingerprint density at radius 2 is 1.76 bits per heavy atom. The standard InChI is InChI=1S/C15H12F3NO2/c16-11-4-2-1-3-9(11)7-8-19-12-6-5-10(15(20)21)13(17)14(12)18/h1-6,19H,7-8H2,(H,20,21). The van der Waals surface area contributed by atoms with Crippen molar-refractivity contribution in [2.45, 2.75) is 6.42 Å². The van der Waals surface area contributed by atoms with Crippen LogP contribution in [0.1, 0.15) is 15.9 Å². The van der Waals surface area contributed by atoms with Gasteiger partial charge in [-0.05, 0) is 30.2 Å². The Balaban J connectivity index is 2.06. The summed E-state index contributed by atoms with van der Waals surface area (Å²) in [6, 6.07) is 8.28. The molecule has 0 fully saturated rings. The first-order chi connectivity index (χ1) is 10.0. The number of nitrogens with one attached hydrogen (secondary N) is 1. The highest BCUT2D eigenvalue weighted by atomic mass is 19.2. The molecule has 0 radical (unpaired) electrons. The highest BCUT2D eigenvalue weighted by molar-refractivity contribution is 5.88. The number of hydrogen-bond acceptors (Lipinski definition) is 2. The molecule has 2 aromatic rings. The SMILES string of the molecule is O=C(O)c1ccc(NCCc2ccccc2F)c(F)c1F. The third-order valence-corrected chi connectivity index (χ3v) is 2.98. The van der Waals surface area contributed by atoms with Crippen molar-refractivity contribution in [3.8, 4) is 0 Å². The van der Waals surface area contributed by atoms with Crippen LogP contribution in [0.3, 0.4) is 0 Å². The molecule has 2 aromatic carbocycles. The van der Waals surface area contributed by atoms with Gasteiger partial charge in [0.2, 0.25) is 0 Å². The summed E-state index contributed by atoms with van der Waals surface area (Å²) in [4.78, 5) is 10.7. The summed E-state index contributed by atoms with van der Waals surface area (Å²) in [5, 5.41) is 11.3. The molecular formula is C15H12F3NO2. The number of hydrogen-bond donors (Lipinski definition) is 2. The summed E-state index contributed by atoms with van der Waals surface area (Å²) in [5.41, 5.74) is -0.436. The van der Waals surface area contributed by atoms with E-state index in [0.717, 1.165) is 12.1 Å². The van der Waals surface area contributed by atoms with Crippen LogP contribution in [0.25, 0.3) is 0 Å². The lowest BCUT2D eigenvalue weighted by molar-refractivity contribution is 0.0690. The topological polar surface area (TPSA) is 49.3 Å². The Bertz CT molecular complexity index is 674. The van der Waals surface area contributed by atoms with Crippen molar-refractivity contribution in [2.24, 2.45) is 0 Å². The molecule has 0 aromatic heterocycles. The maximum absolute atomic E-state index is 13.7. The van der Waals surface area contributed by atoms with Crippen molar-refractivity contribution < 1.29 is 23.1 Å². The number of carboxylic acid groups (broad SMARTS) is 1. The number of halogens is 3. The van der Waals surface area contributed by atoms with Gasteiger partial charge in [-0.2, -0.15) is 0 Å². The second kappa shape index (κ2) is 6.30. The first kappa shape index (κ1) is 14.9. The van der Waals surface area contributed by atoms with Crippen molar-refractivity contribution in [2.75, 3.05) is 11.9 Å². The third kappa shape index (κ3) is 3.34. The predicted molar refractivity (Wildman–Crippen MR) is 71.9 cm³/mol. The third-order valence-electron chi connectivity index (χ3n) is 2.98. The van der Waals surface area contributed by atoms with Gasteiger partial charge in [0.1, 0.15) is 5.82 Å². The van der Waals surface area contributed by atoms with Crippen molar-refractivity contribution >= 4 is 11.7 Å². The molecule has 110 valence electrons. The van der Waals surface area contributed by atoms with Crippen LogP contribution < -0.4 is 5.32 Å². The lowest BCUT2D eigenvalue weighted by atomic mass is 10.1. The number of aromatic carboxylic acids is 1. The van der Waals surface area contributed by atoms with E-state index >= 15 is 0 Å². The van der Waals surface area contributed by atoms with E-state index in [1.165, 1.54) is 6.07 Å². The Morgan fingerprint density at radius 3 is 2.43 bits per heavy atom. The second-order valence-electron chi connectivity index (χ2n) is 4.36. The van der Waals surface area contributed by atoms with E-state index in [1.807, 2.05) is 0 Å². The first-order valence-corrected chi connectivity index (χ1v) is 6.19. The zero-order chi connectivity index (χ0) is 15.4. The zero-order valence-corrected chi connectivity index (χ0v) is 10.9. The smallest absolute Gasteiger partial charge is 0.338 e. The summed E-state index contributed by atoms with van der Waals surface area (Å²) < 4.78 is 40.5. The van der Waals surface area contributed by atoms with Crippen LogP contribution in [0.5, 0.6) is 0 Å². The van der Waals surface area contributed by atoms with E-state index in [2.05, 4.69) is 5.32 Å². The molecule has 0 unspecified atom stereocenters. The average molecular weight is 295 g/mol. The largest absolute Gasteiger partial charge is 0.478 e. The molecule has 2 N–H and O–H groups in total. The summed E-state index contributed by atoms with van der Waals surface area (Å²) in [6.45, 7) is 0.184. The summed E-state index contributed by atoms with van der Waals surface area (Å²) >= 11 is 0. The predicted octanol–water partition coefficient (Wildman–Crippen LogP) is 3.46. The fourth-order valence-electron chi connectivity index (χ4n) is 1.88. The van der Waals surface area contributed by atoms with E-state index < -0.39 is 23.2 Å². The Kier molecular flexibility index (Phi) is 4.47. The molecule has 0 amide bonds. The van der Waals surface area contributed by atoms with Crippen LogP contribution in [-0.2, 0) is 6.42 Å². The van der Waals surface area contributed by atoms with Crippen molar-refractivity contribution in [3.63, 3.8) is 0 Å². The lowest BCUT2D eigenvalue weighted by Crippen LogP contribution is -2.10. The van der Waals surface area contributed by atoms with Crippen molar-refractivity contribution in [1.29, 1.82) is 0 Å². The van der Waals surface area contributed by atoms with E-state index in [4.69, 9.17) is 5.11 Å². The molecule has 0 bridgehead atoms. The molecule has 3 nitrogen and oxygen atoms in total. The molecular weight excluding hydrogens is 283 g/mol. The number of carbonyl (C=O) groups is 1. The highest BCUT2D eigenvalue weighted by Gasteiger charge is 2.17. The van der Waals surface area contributed by atoms with Gasteiger partial charge >= 0.3 is 5.97 Å². The highest BCUT2D eigenvalue weighted by Crippen LogP contribution is 2.20. The lowest BCUT2D eigenvalue weighted by Gasteiger charge is -2.09. The summed E-state index contributed by atoms with van der Waals surface area (Å²) in [6.07, 6.45) is 0.286. The van der Waals surface area contributed by atoms with Gasteiger partial charge in [0.05, 0.1) is 11.3 Å². The van der Waals surface area contributed by atoms with Crippen LogP contribution in [0.15, 0.2) is 36.4 Å². The normalized spacial score (nSPS) is 10.4. The molecule has 0 saturated heterocycles. The van der Waals surface area contributed by atoms with Crippen molar-refractivity contribution in [1.82, 2.24) is 0 Å². The molecule has 0 aliphatic carbocycles. The average Bonchev–Trinajstić information content (AvgIpc) is 2.45. The molecule has 21 heavy (non-hydrogen) atoms. The van der Waals surface area contributed by atoms with Crippen LogP contribution in [-0.4, -0.2) is 17.6 Å². The summed E-state index contributed by atoms with van der Waals surface area (Å²) in [5.74, 6) is -4.58. The van der Waals surface area contributed by atoms with Gasteiger partial charge in [0, 0.05) is 6.54 Å². The molecule has 0 spiro atoms. The van der Waals surface area contributed by atoms with Crippen LogP contribution in [0.4, 0.5) is 18.9 Å². The van der Waals surface area contributed by atoms with Crippen LogP contribution >= 0.6 is 0 Å². The molecule has 0 aliphatic rings. The number of rotatable bonds is 5. The minimum Gasteiger partial charge on any atom is -0.478 e. The maximum atomic E-state index is 13.7. The minimum atomic E-state index is -1.54. The van der Waals surface area contributed by atoms with Gasteiger partial charge in [-0.3, -0.25) is 0 Å². The second-order valence-corrected chi connectivity index (χ2v) is 4.36. The van der Waals surface area contributed by atoms with Crippen molar-refractivity contribution in [3.05, 3.63) is 65.0 Å². The Hall–Kier alpha value is -2.50. The van der Waals surface area contributed by atoms with Gasteiger partial charge in [-0.25, -0.2) is 18.0 Å². The maximum Gasteiger partial charge on any atom is 0.338 e. The Morgan fingerprint density at radius 1 is 1.05 bits per heavy atom. The van der Waals surface area contributed by atoms with Gasteiger partial charge in [-0.15, -0.1) is 0 Å². The van der Waals surface area contributed by atoms with Crippen LogP contribution in [0, 0.1) is 17.5 Å². The van der Waals surface area contributed by atoms with E-state index in [-0.39, 0.29) is 24.5 Å². The van der Waals surface area contributed by atoms with Crippen LogP contribution in [0.2, 0.25) is 0 Å². The molecule has 0 heterocycles. The van der Waals surface area contributed by atoms with E-state index in [9.17, 15) is 18.0 Å². The fraction of sp³-hybridized carbons (Fsp3) is 0.133. The minimum absolute atomic E-state index is 0.158. The molecule has 0 aliphatic heterocycles. The Labute approximate surface area is 119 Å². The van der Waals surface area contributed by atoms with Gasteiger partial charge in [0.15, 0.2) is 11.6 Å². The molecule has 6 heteroatoms. The van der Waals surface area contributed by atoms with Gasteiger partial charge in [-0.1, -0.05) is 18.2 Å².